The number of aromatic nitrogens is 1. The van der Waals surface area contributed by atoms with E-state index in [4.69, 9.17) is 22.0 Å². The van der Waals surface area contributed by atoms with Gasteiger partial charge >= 0.3 is 0 Å². The van der Waals surface area contributed by atoms with Crippen molar-refractivity contribution in [2.45, 2.75) is 6.42 Å². The van der Waals surface area contributed by atoms with Gasteiger partial charge in [0.05, 0.1) is 18.2 Å². The fourth-order valence-corrected chi connectivity index (χ4v) is 0.837. The van der Waals surface area contributed by atoms with E-state index >= 15 is 0 Å². The number of pyridine rings is 1. The van der Waals surface area contributed by atoms with Crippen molar-refractivity contribution in [3.63, 3.8) is 0 Å². The topological polar surface area (TPSA) is 56.9 Å². The molecular formula is C7H5ClN2O. The van der Waals surface area contributed by atoms with Gasteiger partial charge in [0.2, 0.25) is 0 Å². The number of nitriles is 1. The number of halogens is 1. The second kappa shape index (κ2) is 3.22. The Labute approximate surface area is 68.9 Å². The standard InChI is InChI=1S/C7H5ClN2O/c8-7-2-1-6(11)5(10-7)3-4-9/h1-2,11H,3H2. The summed E-state index contributed by atoms with van der Waals surface area (Å²) in [6.45, 7) is 0. The van der Waals surface area contributed by atoms with E-state index in [0.29, 0.717) is 5.69 Å². The number of rotatable bonds is 1. The molecule has 1 heterocycles. The molecule has 0 aliphatic heterocycles. The van der Waals surface area contributed by atoms with E-state index in [2.05, 4.69) is 4.98 Å². The highest BCUT2D eigenvalue weighted by atomic mass is 35.5. The number of aromatic hydroxyl groups is 1. The van der Waals surface area contributed by atoms with E-state index in [9.17, 15) is 0 Å². The highest BCUT2D eigenvalue weighted by Crippen LogP contribution is 2.17. The molecule has 1 N–H and O–H groups in total. The minimum absolute atomic E-state index is 0.0101. The van der Waals surface area contributed by atoms with Gasteiger partial charge in [0, 0.05) is 0 Å². The minimum atomic E-state index is 0.0101. The molecule has 0 fully saturated rings. The normalized spacial score (nSPS) is 9.09. The Bertz CT molecular complexity index is 306. The number of hydrogen-bond acceptors (Lipinski definition) is 3. The second-order valence-electron chi connectivity index (χ2n) is 1.93. The van der Waals surface area contributed by atoms with Crippen LogP contribution in [-0.2, 0) is 6.42 Å². The Balaban J connectivity index is 3.05. The van der Waals surface area contributed by atoms with Crippen LogP contribution in [0.5, 0.6) is 5.75 Å². The highest BCUT2D eigenvalue weighted by Gasteiger charge is 2.01. The van der Waals surface area contributed by atoms with Gasteiger partial charge in [-0.05, 0) is 12.1 Å². The highest BCUT2D eigenvalue weighted by molar-refractivity contribution is 6.29. The van der Waals surface area contributed by atoms with Gasteiger partial charge in [-0.2, -0.15) is 5.26 Å². The van der Waals surface area contributed by atoms with Crippen LogP contribution in [0.3, 0.4) is 0 Å². The SMILES string of the molecule is N#CCc1nc(Cl)ccc1O. The molecule has 0 spiro atoms. The lowest BCUT2D eigenvalue weighted by atomic mass is 10.3. The van der Waals surface area contributed by atoms with Gasteiger partial charge in [0.1, 0.15) is 10.9 Å². The zero-order valence-electron chi connectivity index (χ0n) is 5.58. The lowest BCUT2D eigenvalue weighted by Gasteiger charge is -1.97. The van der Waals surface area contributed by atoms with Gasteiger partial charge in [-0.1, -0.05) is 11.6 Å². The lowest BCUT2D eigenvalue weighted by molar-refractivity contribution is 0.466. The Hall–Kier alpha value is -1.27. The first-order valence-corrected chi connectivity index (χ1v) is 3.33. The summed E-state index contributed by atoms with van der Waals surface area (Å²) in [5.74, 6) is 0.0101. The van der Waals surface area contributed by atoms with Gasteiger partial charge in [0.15, 0.2) is 0 Å². The summed E-state index contributed by atoms with van der Waals surface area (Å²) in [5.41, 5.74) is 0.319. The molecule has 0 aliphatic rings. The van der Waals surface area contributed by atoms with Crippen LogP contribution in [0, 0.1) is 11.3 Å². The fraction of sp³-hybridized carbons (Fsp3) is 0.143. The van der Waals surface area contributed by atoms with Crippen molar-refractivity contribution in [2.75, 3.05) is 0 Å². The van der Waals surface area contributed by atoms with Crippen molar-refractivity contribution in [1.29, 1.82) is 5.26 Å². The molecule has 1 rings (SSSR count). The van der Waals surface area contributed by atoms with E-state index < -0.39 is 0 Å². The van der Waals surface area contributed by atoms with Gasteiger partial charge in [-0.15, -0.1) is 0 Å². The zero-order chi connectivity index (χ0) is 8.27. The Morgan fingerprint density at radius 1 is 1.64 bits per heavy atom. The molecule has 0 aliphatic carbocycles. The van der Waals surface area contributed by atoms with Crippen LogP contribution in [0.2, 0.25) is 5.15 Å². The van der Waals surface area contributed by atoms with Crippen molar-refractivity contribution < 1.29 is 5.11 Å². The summed E-state index contributed by atoms with van der Waals surface area (Å²) in [5, 5.41) is 17.7. The maximum absolute atomic E-state index is 9.09. The largest absolute Gasteiger partial charge is 0.506 e. The monoisotopic (exact) mass is 168 g/mol. The van der Waals surface area contributed by atoms with Crippen molar-refractivity contribution in [2.24, 2.45) is 0 Å². The molecule has 1 aromatic rings. The molecule has 0 saturated heterocycles. The zero-order valence-corrected chi connectivity index (χ0v) is 6.34. The molecule has 0 saturated carbocycles. The van der Waals surface area contributed by atoms with Crippen LogP contribution in [0.4, 0.5) is 0 Å². The molecule has 0 unspecified atom stereocenters. The first-order chi connectivity index (χ1) is 5.24. The van der Waals surface area contributed by atoms with Gasteiger partial charge in [-0.3, -0.25) is 0 Å². The fourth-order valence-electron chi connectivity index (χ4n) is 0.672. The Morgan fingerprint density at radius 2 is 2.36 bits per heavy atom. The van der Waals surface area contributed by atoms with Gasteiger partial charge in [0.25, 0.3) is 0 Å². The van der Waals surface area contributed by atoms with E-state index in [0.717, 1.165) is 0 Å². The molecule has 0 atom stereocenters. The van der Waals surface area contributed by atoms with Crippen LogP contribution in [-0.4, -0.2) is 10.1 Å². The van der Waals surface area contributed by atoms with Crippen LogP contribution < -0.4 is 0 Å². The predicted octanol–water partition coefficient (Wildman–Crippen LogP) is 1.51. The Morgan fingerprint density at radius 3 is 3.00 bits per heavy atom. The van der Waals surface area contributed by atoms with E-state index in [1.165, 1.54) is 12.1 Å². The van der Waals surface area contributed by atoms with Crippen LogP contribution in [0.1, 0.15) is 5.69 Å². The average Bonchev–Trinajstić information content (AvgIpc) is 1.98. The maximum atomic E-state index is 9.09. The lowest BCUT2D eigenvalue weighted by Crippen LogP contribution is -1.88. The van der Waals surface area contributed by atoms with Crippen LogP contribution in [0.15, 0.2) is 12.1 Å². The second-order valence-corrected chi connectivity index (χ2v) is 2.32. The van der Waals surface area contributed by atoms with E-state index in [1.54, 1.807) is 0 Å². The summed E-state index contributed by atoms with van der Waals surface area (Å²) in [4.78, 5) is 3.76. The van der Waals surface area contributed by atoms with Gasteiger partial charge in [-0.25, -0.2) is 4.98 Å². The summed E-state index contributed by atoms with van der Waals surface area (Å²) in [6.07, 6.45) is 0.0758. The molecule has 0 bridgehead atoms. The van der Waals surface area contributed by atoms with Crippen molar-refractivity contribution in [3.05, 3.63) is 23.0 Å². The van der Waals surface area contributed by atoms with Crippen molar-refractivity contribution in [1.82, 2.24) is 4.98 Å². The molecule has 1 aromatic heterocycles. The molecule has 3 nitrogen and oxygen atoms in total. The third-order valence-electron chi connectivity index (χ3n) is 1.16. The third kappa shape index (κ3) is 1.82. The molecule has 11 heavy (non-hydrogen) atoms. The smallest absolute Gasteiger partial charge is 0.138 e. The number of nitrogens with zero attached hydrogens (tertiary/aromatic N) is 2. The molecule has 56 valence electrons. The molecule has 0 amide bonds. The first-order valence-electron chi connectivity index (χ1n) is 2.95. The van der Waals surface area contributed by atoms with Crippen molar-refractivity contribution in [3.8, 4) is 11.8 Å². The molecule has 4 heteroatoms. The average molecular weight is 169 g/mol. The predicted molar refractivity (Wildman–Crippen MR) is 40.2 cm³/mol. The minimum Gasteiger partial charge on any atom is -0.506 e. The molecular weight excluding hydrogens is 164 g/mol. The van der Waals surface area contributed by atoms with Gasteiger partial charge < -0.3 is 5.11 Å². The van der Waals surface area contributed by atoms with E-state index in [-0.39, 0.29) is 17.3 Å². The molecule has 0 radical (unpaired) electrons. The van der Waals surface area contributed by atoms with Crippen molar-refractivity contribution >= 4 is 11.6 Å². The Kier molecular flexibility index (Phi) is 2.29. The molecule has 0 aromatic carbocycles. The van der Waals surface area contributed by atoms with E-state index in [1.807, 2.05) is 6.07 Å². The maximum Gasteiger partial charge on any atom is 0.138 e. The van der Waals surface area contributed by atoms with Crippen LogP contribution >= 0.6 is 11.6 Å². The summed E-state index contributed by atoms with van der Waals surface area (Å²) < 4.78 is 0. The number of hydrogen-bond donors (Lipinski definition) is 1. The summed E-state index contributed by atoms with van der Waals surface area (Å²) in [6, 6.07) is 4.76. The quantitative estimate of drug-likeness (QED) is 0.647. The van der Waals surface area contributed by atoms with Crippen LogP contribution in [0.25, 0.3) is 0 Å². The third-order valence-corrected chi connectivity index (χ3v) is 1.37. The summed E-state index contributed by atoms with van der Waals surface area (Å²) >= 11 is 5.52. The first kappa shape index (κ1) is 7.83. The summed E-state index contributed by atoms with van der Waals surface area (Å²) in [7, 11) is 0.